The summed E-state index contributed by atoms with van der Waals surface area (Å²) in [4.78, 5) is 23.6. The van der Waals surface area contributed by atoms with Gasteiger partial charge in [0.2, 0.25) is 5.91 Å². The number of aromatic nitrogens is 2. The summed E-state index contributed by atoms with van der Waals surface area (Å²) in [5.74, 6) is 1.79. The molecule has 1 atom stereocenters. The molecule has 1 aromatic carbocycles. The molecule has 144 valence electrons. The van der Waals surface area contributed by atoms with Gasteiger partial charge >= 0.3 is 0 Å². The summed E-state index contributed by atoms with van der Waals surface area (Å²) in [6.07, 6.45) is 4.57. The molecule has 3 rings (SSSR count). The average Bonchev–Trinajstić information content (AvgIpc) is 2.68. The fourth-order valence-electron chi connectivity index (χ4n) is 3.29. The number of anilines is 1. The highest BCUT2D eigenvalue weighted by Gasteiger charge is 2.26. The molecular weight excluding hydrogens is 343 g/mol. The molecule has 1 aromatic heterocycles. The number of benzene rings is 1. The fraction of sp³-hybridized carbons (Fsp3) is 0.476. The second kappa shape index (κ2) is 8.93. The van der Waals surface area contributed by atoms with Crippen molar-refractivity contribution in [1.29, 1.82) is 0 Å². The number of hydrogen-bond acceptors (Lipinski definition) is 4. The molecule has 2 heterocycles. The van der Waals surface area contributed by atoms with Crippen LogP contribution in [0.1, 0.15) is 33.1 Å². The molecule has 6 heteroatoms. The SMILES string of the molecule is CC(C)CCNC(=O)[C@H]1CCCN(c2ccnc(-c3ccc(F)cc3)n2)C1. The highest BCUT2D eigenvalue weighted by molar-refractivity contribution is 5.79. The maximum absolute atomic E-state index is 13.1. The molecule has 1 fully saturated rings. The third kappa shape index (κ3) is 5.25. The van der Waals surface area contributed by atoms with Crippen LogP contribution in [0.5, 0.6) is 0 Å². The van der Waals surface area contributed by atoms with Gasteiger partial charge in [-0.2, -0.15) is 0 Å². The van der Waals surface area contributed by atoms with Gasteiger partial charge in [0.1, 0.15) is 11.6 Å². The van der Waals surface area contributed by atoms with Gasteiger partial charge < -0.3 is 10.2 Å². The summed E-state index contributed by atoms with van der Waals surface area (Å²) in [7, 11) is 0. The van der Waals surface area contributed by atoms with Crippen LogP contribution in [0, 0.1) is 17.7 Å². The second-order valence-corrected chi connectivity index (χ2v) is 7.50. The van der Waals surface area contributed by atoms with Crippen LogP contribution in [0.3, 0.4) is 0 Å². The standard InChI is InChI=1S/C21H27FN4O/c1-15(2)9-11-24-21(27)17-4-3-13-26(14-17)19-10-12-23-20(25-19)16-5-7-18(22)8-6-16/h5-8,10,12,15,17H,3-4,9,11,13-14H2,1-2H3,(H,24,27)/t17-/m0/s1. The van der Waals surface area contributed by atoms with Crippen molar-refractivity contribution in [2.45, 2.75) is 33.1 Å². The first-order chi connectivity index (χ1) is 13.0. The molecule has 0 saturated carbocycles. The number of amides is 1. The lowest BCUT2D eigenvalue weighted by molar-refractivity contribution is -0.125. The summed E-state index contributed by atoms with van der Waals surface area (Å²) >= 11 is 0. The van der Waals surface area contributed by atoms with Crippen LogP contribution in [0.4, 0.5) is 10.2 Å². The number of halogens is 1. The van der Waals surface area contributed by atoms with E-state index in [1.807, 2.05) is 6.07 Å². The summed E-state index contributed by atoms with van der Waals surface area (Å²) < 4.78 is 13.1. The first kappa shape index (κ1) is 19.3. The molecule has 0 radical (unpaired) electrons. The predicted octanol–water partition coefficient (Wildman–Crippen LogP) is 3.66. The van der Waals surface area contributed by atoms with Crippen LogP contribution in [-0.4, -0.2) is 35.5 Å². The molecule has 5 nitrogen and oxygen atoms in total. The predicted molar refractivity (Wildman–Crippen MR) is 105 cm³/mol. The van der Waals surface area contributed by atoms with E-state index >= 15 is 0 Å². The van der Waals surface area contributed by atoms with Crippen LogP contribution in [0.25, 0.3) is 11.4 Å². The number of piperidine rings is 1. The van der Waals surface area contributed by atoms with E-state index in [-0.39, 0.29) is 17.6 Å². The molecule has 1 saturated heterocycles. The minimum atomic E-state index is -0.280. The van der Waals surface area contributed by atoms with Gasteiger partial charge in [0.05, 0.1) is 5.92 Å². The Morgan fingerprint density at radius 3 is 2.81 bits per heavy atom. The van der Waals surface area contributed by atoms with Crippen molar-refractivity contribution >= 4 is 11.7 Å². The van der Waals surface area contributed by atoms with Crippen LogP contribution in [-0.2, 0) is 4.79 Å². The van der Waals surface area contributed by atoms with Crippen molar-refractivity contribution in [3.63, 3.8) is 0 Å². The van der Waals surface area contributed by atoms with Gasteiger partial charge in [-0.1, -0.05) is 13.8 Å². The molecule has 0 unspecified atom stereocenters. The van der Waals surface area contributed by atoms with Crippen molar-refractivity contribution in [2.24, 2.45) is 11.8 Å². The zero-order chi connectivity index (χ0) is 19.2. The lowest BCUT2D eigenvalue weighted by atomic mass is 9.97. The van der Waals surface area contributed by atoms with Crippen LogP contribution in [0.2, 0.25) is 0 Å². The molecule has 1 N–H and O–H groups in total. The number of carbonyl (C=O) groups excluding carboxylic acids is 1. The Morgan fingerprint density at radius 1 is 1.30 bits per heavy atom. The minimum absolute atomic E-state index is 0.0184. The van der Waals surface area contributed by atoms with Gasteiger partial charge in [0.25, 0.3) is 0 Å². The number of nitrogens with zero attached hydrogens (tertiary/aromatic N) is 3. The Balaban J connectivity index is 1.66. The lowest BCUT2D eigenvalue weighted by Gasteiger charge is -2.33. The Labute approximate surface area is 160 Å². The van der Waals surface area contributed by atoms with E-state index in [2.05, 4.69) is 34.0 Å². The molecule has 0 aliphatic carbocycles. The van der Waals surface area contributed by atoms with Crippen LogP contribution >= 0.6 is 0 Å². The van der Waals surface area contributed by atoms with Crippen LogP contribution in [0.15, 0.2) is 36.5 Å². The van der Waals surface area contributed by atoms with Crippen molar-refractivity contribution in [2.75, 3.05) is 24.5 Å². The Kier molecular flexibility index (Phi) is 6.37. The van der Waals surface area contributed by atoms with Gasteiger partial charge in [0, 0.05) is 31.4 Å². The third-order valence-corrected chi connectivity index (χ3v) is 4.88. The Bertz CT molecular complexity index is 763. The molecule has 1 aliphatic rings. The quantitative estimate of drug-likeness (QED) is 0.843. The van der Waals surface area contributed by atoms with E-state index in [0.29, 0.717) is 18.3 Å². The Hall–Kier alpha value is -2.50. The van der Waals surface area contributed by atoms with E-state index in [1.54, 1.807) is 18.3 Å². The first-order valence-corrected chi connectivity index (χ1v) is 9.64. The van der Waals surface area contributed by atoms with Gasteiger partial charge in [-0.3, -0.25) is 4.79 Å². The molecular formula is C21H27FN4O. The van der Waals surface area contributed by atoms with Gasteiger partial charge in [-0.05, 0) is 55.5 Å². The highest BCUT2D eigenvalue weighted by atomic mass is 19.1. The third-order valence-electron chi connectivity index (χ3n) is 4.88. The maximum atomic E-state index is 13.1. The molecule has 0 spiro atoms. The summed E-state index contributed by atoms with van der Waals surface area (Å²) in [5.41, 5.74) is 0.776. The smallest absolute Gasteiger partial charge is 0.224 e. The number of carbonyl (C=O) groups is 1. The molecule has 2 aromatic rings. The lowest BCUT2D eigenvalue weighted by Crippen LogP contribution is -2.43. The van der Waals surface area contributed by atoms with Gasteiger partial charge in [-0.25, -0.2) is 14.4 Å². The van der Waals surface area contributed by atoms with Gasteiger partial charge in [-0.15, -0.1) is 0 Å². The summed E-state index contributed by atoms with van der Waals surface area (Å²) in [5, 5.41) is 3.06. The average molecular weight is 370 g/mol. The number of hydrogen-bond donors (Lipinski definition) is 1. The fourth-order valence-corrected chi connectivity index (χ4v) is 3.29. The molecule has 27 heavy (non-hydrogen) atoms. The molecule has 0 bridgehead atoms. The highest BCUT2D eigenvalue weighted by Crippen LogP contribution is 2.24. The van der Waals surface area contributed by atoms with E-state index < -0.39 is 0 Å². The molecule has 1 aliphatic heterocycles. The maximum Gasteiger partial charge on any atom is 0.224 e. The number of nitrogens with one attached hydrogen (secondary N) is 1. The van der Waals surface area contributed by atoms with Gasteiger partial charge in [0.15, 0.2) is 5.82 Å². The first-order valence-electron chi connectivity index (χ1n) is 9.64. The van der Waals surface area contributed by atoms with E-state index in [1.165, 1.54) is 12.1 Å². The van der Waals surface area contributed by atoms with Crippen molar-refractivity contribution in [3.8, 4) is 11.4 Å². The van der Waals surface area contributed by atoms with Crippen molar-refractivity contribution in [1.82, 2.24) is 15.3 Å². The van der Waals surface area contributed by atoms with Crippen LogP contribution < -0.4 is 10.2 Å². The monoisotopic (exact) mass is 370 g/mol. The Morgan fingerprint density at radius 2 is 2.07 bits per heavy atom. The normalized spacial score (nSPS) is 17.2. The topological polar surface area (TPSA) is 58.1 Å². The number of rotatable bonds is 6. The zero-order valence-electron chi connectivity index (χ0n) is 16.0. The van der Waals surface area contributed by atoms with Crippen molar-refractivity contribution < 1.29 is 9.18 Å². The van der Waals surface area contributed by atoms with Crippen molar-refractivity contribution in [3.05, 3.63) is 42.3 Å². The van der Waals surface area contributed by atoms with E-state index in [4.69, 9.17) is 0 Å². The van der Waals surface area contributed by atoms with E-state index in [9.17, 15) is 9.18 Å². The summed E-state index contributed by atoms with van der Waals surface area (Å²) in [6, 6.07) is 8.03. The largest absolute Gasteiger partial charge is 0.356 e. The summed E-state index contributed by atoms with van der Waals surface area (Å²) in [6.45, 7) is 6.57. The molecule has 1 amide bonds. The zero-order valence-corrected chi connectivity index (χ0v) is 16.0. The minimum Gasteiger partial charge on any atom is -0.356 e. The second-order valence-electron chi connectivity index (χ2n) is 7.50. The van der Waals surface area contributed by atoms with E-state index in [0.717, 1.165) is 43.7 Å².